The summed E-state index contributed by atoms with van der Waals surface area (Å²) >= 11 is 0. The molecule has 0 aromatic heterocycles. The molecule has 2 aliphatic carbocycles. The quantitative estimate of drug-likeness (QED) is 0.799. The summed E-state index contributed by atoms with van der Waals surface area (Å²) in [4.78, 5) is 1.48. The Kier molecular flexibility index (Phi) is 1.54. The zero-order valence-corrected chi connectivity index (χ0v) is 12.2. The maximum absolute atomic E-state index is 10.8. The Balaban J connectivity index is 1.83. The average molecular weight is 305 g/mol. The number of aliphatic hydroxyl groups is 1. The lowest BCUT2D eigenvalue weighted by molar-refractivity contribution is -0.0453. The van der Waals surface area contributed by atoms with Crippen molar-refractivity contribution in [2.75, 3.05) is 20.6 Å². The monoisotopic (exact) mass is 305 g/mol. The molecule has 2 heterocycles. The topological polar surface area (TPSA) is 41.9 Å². The van der Waals surface area contributed by atoms with E-state index in [2.05, 4.69) is 0 Å². The molecule has 5 atom stereocenters. The third kappa shape index (κ3) is 1.28. The smallest absolute Gasteiger partial charge is 0.165 e. The minimum absolute atomic E-state index is 0.00172. The van der Waals surface area contributed by atoms with E-state index in [0.29, 0.717) is 24.2 Å². The fraction of sp³-hybridized carbons (Fsp3) is 0.556. The van der Waals surface area contributed by atoms with Crippen LogP contribution in [0.25, 0.3) is 0 Å². The Morgan fingerprint density at radius 3 is 3.27 bits per heavy atom. The molecular formula is C18H21NO3. The first kappa shape index (κ1) is 8.37. The van der Waals surface area contributed by atoms with Gasteiger partial charge < -0.3 is 19.5 Å². The molecule has 1 saturated heterocycles. The van der Waals surface area contributed by atoms with Crippen molar-refractivity contribution in [3.8, 4) is 11.5 Å². The van der Waals surface area contributed by atoms with Gasteiger partial charge in [0.15, 0.2) is 11.5 Å². The molecule has 2 aliphatic heterocycles. The number of likely N-dealkylation sites (N-methyl/N-ethyl adjacent to an activating group) is 1. The number of nitrogens with zero attached hydrogens (tertiary/aromatic N) is 1. The summed E-state index contributed by atoms with van der Waals surface area (Å²) in [5, 5.41) is 10.8. The molecule has 1 fully saturated rings. The summed E-state index contributed by atoms with van der Waals surface area (Å²) in [5.41, 5.74) is 0.485. The number of likely N-dealkylation sites (tertiary alicyclic amines) is 1. The third-order valence-electron chi connectivity index (χ3n) is 5.77. The Morgan fingerprint density at radius 2 is 2.45 bits per heavy atom. The van der Waals surface area contributed by atoms with Crippen LogP contribution >= 0.6 is 0 Å². The second-order valence-corrected chi connectivity index (χ2v) is 6.53. The lowest BCUT2D eigenvalue weighted by atomic mass is 9.53. The molecule has 2 bridgehead atoms. The molecule has 4 aliphatic rings. The Morgan fingerprint density at radius 1 is 1.55 bits per heavy atom. The summed E-state index contributed by atoms with van der Waals surface area (Å²) in [5.74, 6) is 0.189. The van der Waals surface area contributed by atoms with Crippen molar-refractivity contribution >= 4 is 0 Å². The molecule has 4 nitrogen and oxygen atoms in total. The summed E-state index contributed by atoms with van der Waals surface area (Å²) in [7, 11) is 1.41. The fourth-order valence-corrected chi connectivity index (χ4v) is 4.89. The molecule has 0 saturated carbocycles. The molecule has 1 spiro atoms. The van der Waals surface area contributed by atoms with Crippen molar-refractivity contribution in [1.82, 2.24) is 4.90 Å². The lowest BCUT2D eigenvalue weighted by Gasteiger charge is -2.56. The summed E-state index contributed by atoms with van der Waals surface area (Å²) in [6.45, 7) is -2.01. The highest BCUT2D eigenvalue weighted by Gasteiger charge is 2.64. The van der Waals surface area contributed by atoms with Crippen molar-refractivity contribution < 1.29 is 22.8 Å². The van der Waals surface area contributed by atoms with E-state index in [1.807, 2.05) is 0 Å². The van der Waals surface area contributed by atoms with E-state index >= 15 is 0 Å². The number of rotatable bonds is 1. The van der Waals surface area contributed by atoms with E-state index < -0.39 is 30.6 Å². The minimum atomic E-state index is -2.29. The van der Waals surface area contributed by atoms with Gasteiger partial charge in [-0.3, -0.25) is 0 Å². The molecule has 2 unspecified atom stereocenters. The standard InChI is InChI=1S/C18H21NO3/c1-19-8-7-18-11-4-5-13(20)17(18)22-16-14(21-2)6-3-10(15(16)18)9-12(11)19/h3-6,11-13,17,20H,7-9H2,1-2H3/t11-,12+,13?,17?,18-/m0/s1/i1D3,3D,6D,13D. The van der Waals surface area contributed by atoms with Crippen LogP contribution in [0, 0.1) is 5.92 Å². The van der Waals surface area contributed by atoms with Gasteiger partial charge >= 0.3 is 0 Å². The third-order valence-corrected chi connectivity index (χ3v) is 5.77. The molecule has 1 aromatic rings. The van der Waals surface area contributed by atoms with E-state index in [1.165, 1.54) is 18.1 Å². The molecule has 4 heteroatoms. The molecule has 1 N–H and O–H groups in total. The van der Waals surface area contributed by atoms with Crippen LogP contribution in [0.2, 0.25) is 0 Å². The van der Waals surface area contributed by atoms with Crippen LogP contribution in [0.1, 0.15) is 25.8 Å². The zero-order chi connectivity index (χ0) is 20.2. The predicted octanol–water partition coefficient (Wildman–Crippen LogP) is 1.50. The van der Waals surface area contributed by atoms with Crippen LogP contribution in [-0.2, 0) is 11.8 Å². The summed E-state index contributed by atoms with van der Waals surface area (Å²) in [6.07, 6.45) is 0.870. The van der Waals surface area contributed by atoms with Crippen molar-refractivity contribution in [1.29, 1.82) is 0 Å². The van der Waals surface area contributed by atoms with Crippen molar-refractivity contribution in [3.63, 3.8) is 0 Å². The Hall–Kier alpha value is -1.52. The van der Waals surface area contributed by atoms with Crippen molar-refractivity contribution in [3.05, 3.63) is 35.4 Å². The van der Waals surface area contributed by atoms with Crippen LogP contribution in [0.3, 0.4) is 0 Å². The van der Waals surface area contributed by atoms with Crippen molar-refractivity contribution in [2.24, 2.45) is 5.92 Å². The van der Waals surface area contributed by atoms with Gasteiger partial charge in [0.25, 0.3) is 0 Å². The maximum Gasteiger partial charge on any atom is 0.165 e. The minimum Gasteiger partial charge on any atom is -0.493 e. The number of hydrogen-bond donors (Lipinski definition) is 1. The normalized spacial score (nSPS) is 48.9. The Bertz CT molecular complexity index is 914. The number of ether oxygens (including phenoxy) is 2. The average Bonchev–Trinajstić information content (AvgIpc) is 2.93. The second kappa shape index (κ2) is 4.06. The van der Waals surface area contributed by atoms with Gasteiger partial charge in [-0.2, -0.15) is 0 Å². The van der Waals surface area contributed by atoms with Gasteiger partial charge in [0, 0.05) is 27.1 Å². The summed E-state index contributed by atoms with van der Waals surface area (Å²) in [6, 6.07) is -0.544. The molecule has 0 amide bonds. The van der Waals surface area contributed by atoms with Gasteiger partial charge in [-0.05, 0) is 38.0 Å². The molecule has 22 heavy (non-hydrogen) atoms. The molecule has 1 aromatic carbocycles. The van der Waals surface area contributed by atoms with Gasteiger partial charge in [-0.25, -0.2) is 0 Å². The van der Waals surface area contributed by atoms with Gasteiger partial charge in [-0.15, -0.1) is 0 Å². The van der Waals surface area contributed by atoms with Crippen LogP contribution in [-0.4, -0.2) is 48.9 Å². The van der Waals surface area contributed by atoms with E-state index in [9.17, 15) is 5.11 Å². The number of hydrogen-bond acceptors (Lipinski definition) is 4. The van der Waals surface area contributed by atoms with Crippen molar-refractivity contribution in [2.45, 2.75) is 36.5 Å². The van der Waals surface area contributed by atoms with E-state index in [1.54, 1.807) is 6.08 Å². The number of methoxy groups -OCH3 is 1. The first-order valence-electron chi connectivity index (χ1n) is 10.6. The van der Waals surface area contributed by atoms with Gasteiger partial charge in [0.05, 0.1) is 11.2 Å². The van der Waals surface area contributed by atoms with Gasteiger partial charge in [-0.1, -0.05) is 18.2 Å². The van der Waals surface area contributed by atoms with E-state index in [4.69, 9.17) is 17.7 Å². The molecular weight excluding hydrogens is 278 g/mol. The van der Waals surface area contributed by atoms with E-state index in [0.717, 1.165) is 5.56 Å². The first-order chi connectivity index (χ1) is 13.0. The maximum atomic E-state index is 10.8. The highest BCUT2D eigenvalue weighted by Crippen LogP contribution is 2.62. The van der Waals surface area contributed by atoms with Gasteiger partial charge in [0.1, 0.15) is 12.2 Å². The van der Waals surface area contributed by atoms with Crippen LogP contribution in [0.5, 0.6) is 11.5 Å². The number of piperidine rings is 1. The van der Waals surface area contributed by atoms with Crippen LogP contribution in [0.4, 0.5) is 0 Å². The fourth-order valence-electron chi connectivity index (χ4n) is 4.89. The zero-order valence-electron chi connectivity index (χ0n) is 18.2. The van der Waals surface area contributed by atoms with E-state index in [-0.39, 0.29) is 30.3 Å². The SMILES string of the molecule is [2H]c1c([2H])c(OC)c2c3c1C[C@@H]1[C@@H]4C=CC([2H])(O)C(O2)[C@]34CCN1C([2H])([2H])[2H]. The number of benzene rings is 1. The molecule has 0 radical (unpaired) electrons. The Labute approximate surface area is 138 Å². The predicted molar refractivity (Wildman–Crippen MR) is 82.5 cm³/mol. The highest BCUT2D eigenvalue weighted by atomic mass is 16.5. The first-order valence-corrected chi connectivity index (χ1v) is 7.59. The second-order valence-electron chi connectivity index (χ2n) is 6.53. The van der Waals surface area contributed by atoms with Crippen LogP contribution in [0.15, 0.2) is 24.2 Å². The molecule has 5 rings (SSSR count). The summed E-state index contributed by atoms with van der Waals surface area (Å²) < 4.78 is 60.6. The van der Waals surface area contributed by atoms with Gasteiger partial charge in [0.2, 0.25) is 0 Å². The highest BCUT2D eigenvalue weighted by molar-refractivity contribution is 5.62. The lowest BCUT2D eigenvalue weighted by Crippen LogP contribution is -2.64. The molecule has 116 valence electrons. The van der Waals surface area contributed by atoms with Crippen LogP contribution < -0.4 is 9.47 Å². The largest absolute Gasteiger partial charge is 0.493 e.